The van der Waals surface area contributed by atoms with Crippen LogP contribution in [0.25, 0.3) is 11.3 Å². The molecule has 1 fully saturated rings. The molecule has 21 heavy (non-hydrogen) atoms. The van der Waals surface area contributed by atoms with Crippen molar-refractivity contribution in [3.05, 3.63) is 34.7 Å². The maximum absolute atomic E-state index is 5.85. The van der Waals surface area contributed by atoms with Gasteiger partial charge in [0.15, 0.2) is 0 Å². The number of nitrogens with two attached hydrogens (primary N) is 1. The van der Waals surface area contributed by atoms with Crippen LogP contribution in [0.15, 0.2) is 29.6 Å². The summed E-state index contributed by atoms with van der Waals surface area (Å²) in [5.41, 5.74) is 8.78. The Hall–Kier alpha value is -1.43. The Labute approximate surface area is 130 Å². The third kappa shape index (κ3) is 3.61. The number of nitrogens with one attached hydrogen (secondary N) is 1. The third-order valence-electron chi connectivity index (χ3n) is 3.87. The second kappa shape index (κ2) is 6.56. The number of anilines is 1. The standard InChI is InChI=1S/C16H22N4S/c1-12(10-20-7-5-18-6-8-20)16-19-15(11-21-16)13-3-2-4-14(17)9-13/h2-4,9,11-12,18H,5-8,10,17H2,1H3. The van der Waals surface area contributed by atoms with Gasteiger partial charge in [-0.15, -0.1) is 11.3 Å². The Morgan fingerprint density at radius 1 is 1.38 bits per heavy atom. The second-order valence-corrected chi connectivity index (χ2v) is 6.54. The molecule has 2 heterocycles. The fourth-order valence-electron chi connectivity index (χ4n) is 2.70. The second-order valence-electron chi connectivity index (χ2n) is 5.65. The molecule has 0 aliphatic carbocycles. The minimum atomic E-state index is 0.475. The van der Waals surface area contributed by atoms with Crippen molar-refractivity contribution in [2.45, 2.75) is 12.8 Å². The first-order chi connectivity index (χ1) is 10.2. The van der Waals surface area contributed by atoms with Crippen molar-refractivity contribution < 1.29 is 0 Å². The van der Waals surface area contributed by atoms with Gasteiger partial charge in [0, 0.05) is 55.3 Å². The van der Waals surface area contributed by atoms with Gasteiger partial charge in [0.1, 0.15) is 0 Å². The Kier molecular flexibility index (Phi) is 4.53. The van der Waals surface area contributed by atoms with Gasteiger partial charge in [-0.2, -0.15) is 0 Å². The van der Waals surface area contributed by atoms with Crippen molar-refractivity contribution in [3.8, 4) is 11.3 Å². The minimum absolute atomic E-state index is 0.475. The van der Waals surface area contributed by atoms with Gasteiger partial charge in [-0.05, 0) is 12.1 Å². The van der Waals surface area contributed by atoms with Gasteiger partial charge in [-0.1, -0.05) is 19.1 Å². The number of hydrogen-bond acceptors (Lipinski definition) is 5. The number of nitrogen functional groups attached to an aromatic ring is 1. The van der Waals surface area contributed by atoms with Gasteiger partial charge < -0.3 is 16.0 Å². The highest BCUT2D eigenvalue weighted by Gasteiger charge is 2.17. The number of thiazole rings is 1. The van der Waals surface area contributed by atoms with Crippen molar-refractivity contribution in [1.82, 2.24) is 15.2 Å². The van der Waals surface area contributed by atoms with Gasteiger partial charge in [-0.3, -0.25) is 0 Å². The Morgan fingerprint density at radius 3 is 2.95 bits per heavy atom. The van der Waals surface area contributed by atoms with Gasteiger partial charge in [0.05, 0.1) is 10.7 Å². The van der Waals surface area contributed by atoms with Gasteiger partial charge in [-0.25, -0.2) is 4.98 Å². The summed E-state index contributed by atoms with van der Waals surface area (Å²) in [4.78, 5) is 7.32. The van der Waals surface area contributed by atoms with E-state index in [1.165, 1.54) is 5.01 Å². The molecule has 3 rings (SSSR count). The maximum Gasteiger partial charge on any atom is 0.0973 e. The fraction of sp³-hybridized carbons (Fsp3) is 0.438. The van der Waals surface area contributed by atoms with Crippen LogP contribution in [-0.4, -0.2) is 42.6 Å². The van der Waals surface area contributed by atoms with Crippen LogP contribution in [0.1, 0.15) is 17.8 Å². The predicted octanol–water partition coefficient (Wildman–Crippen LogP) is 2.40. The Balaban J connectivity index is 1.69. The zero-order valence-electron chi connectivity index (χ0n) is 12.4. The van der Waals surface area contributed by atoms with Gasteiger partial charge >= 0.3 is 0 Å². The fourth-order valence-corrected chi connectivity index (χ4v) is 3.58. The first kappa shape index (κ1) is 14.5. The summed E-state index contributed by atoms with van der Waals surface area (Å²) in [7, 11) is 0. The molecule has 2 aromatic rings. The van der Waals surface area contributed by atoms with Gasteiger partial charge in [0.2, 0.25) is 0 Å². The van der Waals surface area contributed by atoms with Gasteiger partial charge in [0.25, 0.3) is 0 Å². The first-order valence-electron chi connectivity index (χ1n) is 7.47. The summed E-state index contributed by atoms with van der Waals surface area (Å²) in [6.45, 7) is 7.82. The van der Waals surface area contributed by atoms with Crippen LogP contribution in [0, 0.1) is 0 Å². The lowest BCUT2D eigenvalue weighted by Gasteiger charge is -2.29. The Bertz CT molecular complexity index is 589. The van der Waals surface area contributed by atoms with Crippen LogP contribution in [0.2, 0.25) is 0 Å². The predicted molar refractivity (Wildman–Crippen MR) is 89.7 cm³/mol. The summed E-state index contributed by atoms with van der Waals surface area (Å²) in [6, 6.07) is 7.94. The molecule has 0 radical (unpaired) electrons. The molecular weight excluding hydrogens is 280 g/mol. The highest BCUT2D eigenvalue weighted by atomic mass is 32.1. The molecule has 0 amide bonds. The lowest BCUT2D eigenvalue weighted by atomic mass is 10.1. The molecule has 1 aromatic heterocycles. The molecule has 1 aliphatic rings. The number of benzene rings is 1. The molecule has 1 saturated heterocycles. The largest absolute Gasteiger partial charge is 0.399 e. The number of piperazine rings is 1. The number of rotatable bonds is 4. The molecule has 3 N–H and O–H groups in total. The molecule has 4 nitrogen and oxygen atoms in total. The molecule has 1 unspecified atom stereocenters. The number of hydrogen-bond donors (Lipinski definition) is 2. The molecule has 0 spiro atoms. The SMILES string of the molecule is CC(CN1CCNCC1)c1nc(-c2cccc(N)c2)cs1. The smallest absolute Gasteiger partial charge is 0.0973 e. The monoisotopic (exact) mass is 302 g/mol. The number of nitrogens with zero attached hydrogens (tertiary/aromatic N) is 2. The van der Waals surface area contributed by atoms with Crippen molar-refractivity contribution in [1.29, 1.82) is 0 Å². The summed E-state index contributed by atoms with van der Waals surface area (Å²) in [6.07, 6.45) is 0. The maximum atomic E-state index is 5.85. The molecule has 112 valence electrons. The zero-order chi connectivity index (χ0) is 14.7. The Morgan fingerprint density at radius 2 is 2.19 bits per heavy atom. The highest BCUT2D eigenvalue weighted by Crippen LogP contribution is 2.27. The van der Waals surface area contributed by atoms with Crippen LogP contribution in [0.4, 0.5) is 5.69 Å². The molecular formula is C16H22N4S. The molecule has 1 aromatic carbocycles. The molecule has 5 heteroatoms. The van der Waals surface area contributed by atoms with E-state index in [4.69, 9.17) is 10.7 Å². The van der Waals surface area contributed by atoms with Crippen molar-refractivity contribution in [2.24, 2.45) is 0 Å². The van der Waals surface area contributed by atoms with Crippen LogP contribution in [0.3, 0.4) is 0 Å². The van der Waals surface area contributed by atoms with E-state index < -0.39 is 0 Å². The van der Waals surface area contributed by atoms with Crippen molar-refractivity contribution in [2.75, 3.05) is 38.5 Å². The number of aromatic nitrogens is 1. The van der Waals surface area contributed by atoms with Crippen LogP contribution >= 0.6 is 11.3 Å². The van der Waals surface area contributed by atoms with E-state index >= 15 is 0 Å². The summed E-state index contributed by atoms with van der Waals surface area (Å²) in [5.74, 6) is 0.475. The van der Waals surface area contributed by atoms with E-state index in [9.17, 15) is 0 Å². The lowest BCUT2D eigenvalue weighted by molar-refractivity contribution is 0.230. The van der Waals surface area contributed by atoms with Crippen LogP contribution in [-0.2, 0) is 0 Å². The molecule has 1 atom stereocenters. The van der Waals surface area contributed by atoms with E-state index in [1.54, 1.807) is 11.3 Å². The average Bonchev–Trinajstić information content (AvgIpc) is 2.98. The zero-order valence-corrected chi connectivity index (χ0v) is 13.2. The van der Waals surface area contributed by atoms with E-state index in [1.807, 2.05) is 18.2 Å². The van der Waals surface area contributed by atoms with Crippen molar-refractivity contribution in [3.63, 3.8) is 0 Å². The highest BCUT2D eigenvalue weighted by molar-refractivity contribution is 7.10. The summed E-state index contributed by atoms with van der Waals surface area (Å²) in [5, 5.41) is 6.74. The normalized spacial score (nSPS) is 17.8. The van der Waals surface area contributed by atoms with E-state index in [0.717, 1.165) is 49.7 Å². The molecule has 0 saturated carbocycles. The topological polar surface area (TPSA) is 54.2 Å². The van der Waals surface area contributed by atoms with Crippen LogP contribution < -0.4 is 11.1 Å². The summed E-state index contributed by atoms with van der Waals surface area (Å²) >= 11 is 1.75. The minimum Gasteiger partial charge on any atom is -0.399 e. The quantitative estimate of drug-likeness (QED) is 0.852. The van der Waals surface area contributed by atoms with Crippen molar-refractivity contribution >= 4 is 17.0 Å². The van der Waals surface area contributed by atoms with Crippen LogP contribution in [0.5, 0.6) is 0 Å². The molecule has 1 aliphatic heterocycles. The summed E-state index contributed by atoms with van der Waals surface area (Å²) < 4.78 is 0. The molecule has 0 bridgehead atoms. The average molecular weight is 302 g/mol. The van der Waals surface area contributed by atoms with E-state index in [0.29, 0.717) is 5.92 Å². The lowest BCUT2D eigenvalue weighted by Crippen LogP contribution is -2.44. The third-order valence-corrected chi connectivity index (χ3v) is 4.94. The first-order valence-corrected chi connectivity index (χ1v) is 8.35. The van der Waals surface area contributed by atoms with E-state index in [-0.39, 0.29) is 0 Å². The van der Waals surface area contributed by atoms with E-state index in [2.05, 4.69) is 28.6 Å².